The summed E-state index contributed by atoms with van der Waals surface area (Å²) in [5.74, 6) is 0.851. The molecule has 0 spiro atoms. The zero-order valence-electron chi connectivity index (χ0n) is 19.2. The summed E-state index contributed by atoms with van der Waals surface area (Å²) in [6, 6.07) is 12.1. The van der Waals surface area contributed by atoms with Gasteiger partial charge in [0.15, 0.2) is 11.5 Å². The van der Waals surface area contributed by atoms with E-state index in [0.29, 0.717) is 41.5 Å². The largest absolute Gasteiger partial charge is 0.383 e. The van der Waals surface area contributed by atoms with Gasteiger partial charge in [0.2, 0.25) is 5.78 Å². The minimum atomic E-state index is -0.355. The van der Waals surface area contributed by atoms with Gasteiger partial charge in [0.25, 0.3) is 5.91 Å². The van der Waals surface area contributed by atoms with Crippen LogP contribution in [0.25, 0.3) is 5.69 Å². The van der Waals surface area contributed by atoms with Gasteiger partial charge in [-0.25, -0.2) is 4.98 Å². The summed E-state index contributed by atoms with van der Waals surface area (Å²) >= 11 is 0. The lowest BCUT2D eigenvalue weighted by molar-refractivity contribution is 0.0949. The van der Waals surface area contributed by atoms with Gasteiger partial charge in [-0.2, -0.15) is 0 Å². The molecule has 3 aromatic rings. The Morgan fingerprint density at radius 2 is 1.74 bits per heavy atom. The van der Waals surface area contributed by atoms with Crippen molar-refractivity contribution in [2.24, 2.45) is 11.8 Å². The van der Waals surface area contributed by atoms with Crippen LogP contribution in [0.15, 0.2) is 48.8 Å². The molecule has 0 saturated heterocycles. The highest BCUT2D eigenvalue weighted by Gasteiger charge is 2.26. The molecule has 2 fully saturated rings. The van der Waals surface area contributed by atoms with E-state index in [4.69, 9.17) is 5.73 Å². The fourth-order valence-corrected chi connectivity index (χ4v) is 4.07. The second kappa shape index (κ2) is 8.89. The molecule has 1 amide bonds. The normalized spacial score (nSPS) is 15.2. The number of hydrogen-bond donors (Lipinski definition) is 2. The number of aromatic nitrogens is 2. The second-order valence-electron chi connectivity index (χ2n) is 9.48. The Hall–Kier alpha value is -3.74. The number of nitrogens with two attached hydrogens (primary N) is 1. The molecule has 3 N–H and O–H groups in total. The van der Waals surface area contributed by atoms with Crippen LogP contribution in [0.5, 0.6) is 0 Å². The van der Waals surface area contributed by atoms with Crippen LogP contribution in [-0.2, 0) is 0 Å². The van der Waals surface area contributed by atoms with Gasteiger partial charge >= 0.3 is 0 Å². The van der Waals surface area contributed by atoms with Crippen LogP contribution in [0.4, 0.5) is 5.82 Å². The molecule has 7 nitrogen and oxygen atoms in total. The molecule has 2 aliphatic rings. The Balaban J connectivity index is 1.39. The van der Waals surface area contributed by atoms with E-state index in [9.17, 15) is 14.4 Å². The van der Waals surface area contributed by atoms with E-state index in [2.05, 4.69) is 10.3 Å². The number of carbonyl (C=O) groups is 3. The second-order valence-corrected chi connectivity index (χ2v) is 9.48. The van der Waals surface area contributed by atoms with Crippen LogP contribution >= 0.6 is 0 Å². The fourth-order valence-electron chi connectivity index (χ4n) is 4.07. The predicted octanol–water partition coefficient (Wildman–Crippen LogP) is 4.12. The van der Waals surface area contributed by atoms with Crippen LogP contribution in [0.3, 0.4) is 0 Å². The first-order chi connectivity index (χ1) is 16.4. The fraction of sp³-hybridized carbons (Fsp3) is 0.333. The Morgan fingerprint density at radius 3 is 2.47 bits per heavy atom. The summed E-state index contributed by atoms with van der Waals surface area (Å²) in [5.41, 5.74) is 9.53. The maximum absolute atomic E-state index is 13.2. The highest BCUT2D eigenvalue weighted by molar-refractivity contribution is 6.11. The average Bonchev–Trinajstić information content (AvgIpc) is 3.77. The molecule has 0 radical (unpaired) electrons. The van der Waals surface area contributed by atoms with Gasteiger partial charge in [0, 0.05) is 29.7 Å². The summed E-state index contributed by atoms with van der Waals surface area (Å²) in [6.07, 6.45) is 6.61. The van der Waals surface area contributed by atoms with Crippen LogP contribution in [-0.4, -0.2) is 33.6 Å². The molecule has 2 aliphatic carbocycles. The highest BCUT2D eigenvalue weighted by atomic mass is 16.2. The first-order valence-electron chi connectivity index (χ1n) is 11.8. The predicted molar refractivity (Wildman–Crippen MR) is 129 cm³/mol. The molecule has 0 bridgehead atoms. The number of hydrogen-bond acceptors (Lipinski definition) is 5. The summed E-state index contributed by atoms with van der Waals surface area (Å²) in [4.78, 5) is 42.5. The van der Waals surface area contributed by atoms with Crippen molar-refractivity contribution in [1.29, 1.82) is 0 Å². The number of anilines is 1. The lowest BCUT2D eigenvalue weighted by atomic mass is 10.0. The van der Waals surface area contributed by atoms with Crippen molar-refractivity contribution < 1.29 is 14.4 Å². The summed E-state index contributed by atoms with van der Waals surface area (Å²) in [6.45, 7) is 2.59. The van der Waals surface area contributed by atoms with Gasteiger partial charge in [0.05, 0.1) is 5.69 Å². The number of nitrogens with one attached hydrogen (secondary N) is 1. The molecule has 2 aromatic carbocycles. The molecule has 2 saturated carbocycles. The third kappa shape index (κ3) is 4.64. The number of benzene rings is 2. The van der Waals surface area contributed by atoms with E-state index in [0.717, 1.165) is 36.9 Å². The maximum Gasteiger partial charge on any atom is 0.251 e. The minimum absolute atomic E-state index is 0.115. The molecular weight excluding hydrogens is 428 g/mol. The Morgan fingerprint density at radius 1 is 1.00 bits per heavy atom. The molecule has 7 heteroatoms. The SMILES string of the molecule is Cc1ccc(C(=O)CC2CC2)cc1-n1cnc(C(=O)c2cccc(C(=O)NCC3CC3)c2)c1N. The number of carbonyl (C=O) groups excluding carboxylic acids is 3. The first-order valence-corrected chi connectivity index (χ1v) is 11.8. The minimum Gasteiger partial charge on any atom is -0.383 e. The van der Waals surface area contributed by atoms with Crippen molar-refractivity contribution in [1.82, 2.24) is 14.9 Å². The average molecular weight is 457 g/mol. The van der Waals surface area contributed by atoms with Gasteiger partial charge in [-0.3, -0.25) is 19.0 Å². The lowest BCUT2D eigenvalue weighted by Gasteiger charge is -2.11. The summed E-state index contributed by atoms with van der Waals surface area (Å²) in [7, 11) is 0. The van der Waals surface area contributed by atoms with Crippen LogP contribution < -0.4 is 11.1 Å². The zero-order valence-corrected chi connectivity index (χ0v) is 19.2. The van der Waals surface area contributed by atoms with Crippen LogP contribution in [0.2, 0.25) is 0 Å². The topological polar surface area (TPSA) is 107 Å². The Kier molecular flexibility index (Phi) is 5.77. The van der Waals surface area contributed by atoms with Gasteiger partial charge in [-0.05, 0) is 68.2 Å². The molecule has 0 aliphatic heterocycles. The van der Waals surface area contributed by atoms with Gasteiger partial charge in [0.1, 0.15) is 12.1 Å². The van der Waals surface area contributed by atoms with E-state index >= 15 is 0 Å². The van der Waals surface area contributed by atoms with E-state index in [1.807, 2.05) is 25.1 Å². The molecular formula is C27H28N4O3. The van der Waals surface area contributed by atoms with Crippen LogP contribution in [0, 0.1) is 18.8 Å². The number of Topliss-reactive ketones (excluding diaryl/α,β-unsaturated/α-hetero) is 1. The number of nitrogen functional groups attached to an aromatic ring is 1. The number of amides is 1. The van der Waals surface area contributed by atoms with Crippen molar-refractivity contribution in [3.05, 3.63) is 76.7 Å². The quantitative estimate of drug-likeness (QED) is 0.471. The van der Waals surface area contributed by atoms with Crippen molar-refractivity contribution in [3.8, 4) is 5.69 Å². The summed E-state index contributed by atoms with van der Waals surface area (Å²) < 4.78 is 1.64. The molecule has 34 heavy (non-hydrogen) atoms. The number of nitrogens with zero attached hydrogens (tertiary/aromatic N) is 2. The van der Waals surface area contributed by atoms with Crippen molar-refractivity contribution in [3.63, 3.8) is 0 Å². The van der Waals surface area contributed by atoms with E-state index in [1.54, 1.807) is 28.8 Å². The van der Waals surface area contributed by atoms with E-state index in [1.165, 1.54) is 6.33 Å². The number of rotatable bonds is 9. The molecule has 1 aromatic heterocycles. The zero-order chi connectivity index (χ0) is 23.8. The number of ketones is 2. The van der Waals surface area contributed by atoms with E-state index in [-0.39, 0.29) is 29.0 Å². The van der Waals surface area contributed by atoms with Crippen molar-refractivity contribution in [2.45, 2.75) is 39.0 Å². The Labute approximate surface area is 198 Å². The maximum atomic E-state index is 13.2. The number of imidazole rings is 1. The number of aryl methyl sites for hydroxylation is 1. The standard InChI is InChI=1S/C27H28N4O3/c1-16-5-10-19(23(32)11-17-6-7-17)13-22(16)31-15-30-24(26(31)28)25(33)20-3-2-4-21(12-20)27(34)29-14-18-8-9-18/h2-5,10,12-13,15,17-18H,6-9,11,14,28H2,1H3,(H,29,34). The van der Waals surface area contributed by atoms with Gasteiger partial charge in [-0.15, -0.1) is 0 Å². The van der Waals surface area contributed by atoms with Gasteiger partial charge < -0.3 is 11.1 Å². The third-order valence-corrected chi connectivity index (χ3v) is 6.62. The van der Waals surface area contributed by atoms with Crippen molar-refractivity contribution in [2.75, 3.05) is 12.3 Å². The smallest absolute Gasteiger partial charge is 0.251 e. The Bertz CT molecular complexity index is 1280. The molecule has 174 valence electrons. The molecule has 5 rings (SSSR count). The summed E-state index contributed by atoms with van der Waals surface area (Å²) in [5, 5.41) is 2.92. The molecule has 0 unspecified atom stereocenters. The van der Waals surface area contributed by atoms with Gasteiger partial charge in [-0.1, -0.05) is 24.3 Å². The molecule has 1 heterocycles. The third-order valence-electron chi connectivity index (χ3n) is 6.62. The van der Waals surface area contributed by atoms with Crippen LogP contribution in [0.1, 0.15) is 74.4 Å². The molecule has 0 atom stereocenters. The lowest BCUT2D eigenvalue weighted by Crippen LogP contribution is -2.25. The highest BCUT2D eigenvalue weighted by Crippen LogP contribution is 2.34. The van der Waals surface area contributed by atoms with E-state index < -0.39 is 0 Å². The first kappa shape index (κ1) is 22.1. The van der Waals surface area contributed by atoms with Crippen molar-refractivity contribution >= 4 is 23.3 Å². The monoisotopic (exact) mass is 456 g/mol.